The number of piperidine rings is 1. The van der Waals surface area contributed by atoms with E-state index in [9.17, 15) is 8.42 Å². The Bertz CT molecular complexity index is 549. The molecule has 0 radical (unpaired) electrons. The first-order valence-electron chi connectivity index (χ1n) is 6.54. The molecule has 2 heterocycles. The number of rotatable bonds is 5. The molecule has 1 atom stereocenters. The summed E-state index contributed by atoms with van der Waals surface area (Å²) in [6.07, 6.45) is 4.61. The molecular formula is C12H20N4O3S. The van der Waals surface area contributed by atoms with Crippen LogP contribution in [0.1, 0.15) is 12.8 Å². The Labute approximate surface area is 119 Å². The molecule has 1 aliphatic heterocycles. The van der Waals surface area contributed by atoms with Gasteiger partial charge in [-0.3, -0.25) is 0 Å². The molecule has 0 bridgehead atoms. The van der Waals surface area contributed by atoms with Gasteiger partial charge in [0, 0.05) is 25.7 Å². The molecule has 8 heteroatoms. The maximum Gasteiger partial charge on any atom is 0.218 e. The fraction of sp³-hybridized carbons (Fsp3) is 0.667. The van der Waals surface area contributed by atoms with E-state index >= 15 is 0 Å². The van der Waals surface area contributed by atoms with Gasteiger partial charge in [-0.15, -0.1) is 0 Å². The third-order valence-electron chi connectivity index (χ3n) is 3.37. The monoisotopic (exact) mass is 300 g/mol. The molecule has 1 unspecified atom stereocenters. The number of anilines is 1. The SMILES string of the molecule is COc1cc(NCC2CCCN(S(C)(=O)=O)C2)ncn1. The highest BCUT2D eigenvalue weighted by Crippen LogP contribution is 2.19. The molecule has 1 fully saturated rings. The summed E-state index contributed by atoms with van der Waals surface area (Å²) >= 11 is 0. The Hall–Kier alpha value is -1.41. The second-order valence-electron chi connectivity index (χ2n) is 4.96. The molecule has 0 saturated carbocycles. The number of hydrogen-bond acceptors (Lipinski definition) is 6. The number of nitrogens with zero attached hydrogens (tertiary/aromatic N) is 3. The summed E-state index contributed by atoms with van der Waals surface area (Å²) in [7, 11) is -1.54. The first-order valence-corrected chi connectivity index (χ1v) is 8.39. The van der Waals surface area contributed by atoms with Crippen molar-refractivity contribution in [2.24, 2.45) is 5.92 Å². The standard InChI is InChI=1S/C12H20N4O3S/c1-19-12-6-11(14-9-15-12)13-7-10-4-3-5-16(8-10)20(2,17)18/h6,9-10H,3-5,7-8H2,1-2H3,(H,13,14,15). The van der Waals surface area contributed by atoms with E-state index < -0.39 is 10.0 Å². The Morgan fingerprint density at radius 3 is 3.00 bits per heavy atom. The summed E-state index contributed by atoms with van der Waals surface area (Å²) in [5.74, 6) is 1.48. The minimum Gasteiger partial charge on any atom is -0.481 e. The van der Waals surface area contributed by atoms with Gasteiger partial charge in [0.25, 0.3) is 0 Å². The van der Waals surface area contributed by atoms with Crippen LogP contribution in [0.5, 0.6) is 5.88 Å². The highest BCUT2D eigenvalue weighted by atomic mass is 32.2. The third kappa shape index (κ3) is 4.04. The lowest BCUT2D eigenvalue weighted by Crippen LogP contribution is -2.41. The van der Waals surface area contributed by atoms with Crippen LogP contribution in [0, 0.1) is 5.92 Å². The van der Waals surface area contributed by atoms with E-state index in [4.69, 9.17) is 4.74 Å². The highest BCUT2D eigenvalue weighted by Gasteiger charge is 2.25. The van der Waals surface area contributed by atoms with Crippen LogP contribution < -0.4 is 10.1 Å². The first kappa shape index (κ1) is 15.0. The lowest BCUT2D eigenvalue weighted by molar-refractivity contribution is 0.276. The van der Waals surface area contributed by atoms with Gasteiger partial charge in [-0.05, 0) is 18.8 Å². The molecule has 20 heavy (non-hydrogen) atoms. The topological polar surface area (TPSA) is 84.4 Å². The number of hydrogen-bond donors (Lipinski definition) is 1. The molecule has 0 spiro atoms. The van der Waals surface area contributed by atoms with Crippen LogP contribution in [-0.2, 0) is 10.0 Å². The van der Waals surface area contributed by atoms with Crippen molar-refractivity contribution >= 4 is 15.8 Å². The molecule has 2 rings (SSSR count). The van der Waals surface area contributed by atoms with E-state index in [1.807, 2.05) is 0 Å². The third-order valence-corrected chi connectivity index (χ3v) is 4.64. The Morgan fingerprint density at radius 1 is 1.50 bits per heavy atom. The van der Waals surface area contributed by atoms with Gasteiger partial charge < -0.3 is 10.1 Å². The van der Waals surface area contributed by atoms with E-state index in [2.05, 4.69) is 15.3 Å². The molecule has 1 aromatic heterocycles. The minimum atomic E-state index is -3.09. The van der Waals surface area contributed by atoms with Gasteiger partial charge in [0.05, 0.1) is 13.4 Å². The summed E-state index contributed by atoms with van der Waals surface area (Å²) in [4.78, 5) is 8.04. The molecule has 1 aromatic rings. The number of aromatic nitrogens is 2. The van der Waals surface area contributed by atoms with Gasteiger partial charge >= 0.3 is 0 Å². The molecular weight excluding hydrogens is 280 g/mol. The van der Waals surface area contributed by atoms with E-state index in [1.165, 1.54) is 12.6 Å². The molecule has 0 amide bonds. The van der Waals surface area contributed by atoms with Crippen LogP contribution in [-0.4, -0.2) is 55.7 Å². The highest BCUT2D eigenvalue weighted by molar-refractivity contribution is 7.88. The summed E-state index contributed by atoms with van der Waals surface area (Å²) < 4.78 is 29.7. The molecule has 112 valence electrons. The summed E-state index contributed by atoms with van der Waals surface area (Å²) in [6, 6.07) is 1.72. The van der Waals surface area contributed by atoms with Crippen LogP contribution in [0.3, 0.4) is 0 Å². The fourth-order valence-electron chi connectivity index (χ4n) is 2.29. The van der Waals surface area contributed by atoms with Gasteiger partial charge in [-0.1, -0.05) is 0 Å². The Morgan fingerprint density at radius 2 is 2.30 bits per heavy atom. The van der Waals surface area contributed by atoms with Crippen LogP contribution in [0.4, 0.5) is 5.82 Å². The quantitative estimate of drug-likeness (QED) is 0.856. The predicted molar refractivity (Wildman–Crippen MR) is 76.2 cm³/mol. The van der Waals surface area contributed by atoms with E-state index in [0.29, 0.717) is 37.3 Å². The zero-order valence-corrected chi connectivity index (χ0v) is 12.6. The van der Waals surface area contributed by atoms with Gasteiger partial charge in [-0.25, -0.2) is 22.7 Å². The van der Waals surface area contributed by atoms with Gasteiger partial charge in [0.1, 0.15) is 12.1 Å². The maximum atomic E-state index is 11.6. The van der Waals surface area contributed by atoms with Gasteiger partial charge in [0.2, 0.25) is 15.9 Å². The van der Waals surface area contributed by atoms with Crippen molar-refractivity contribution in [1.82, 2.24) is 14.3 Å². The van der Waals surface area contributed by atoms with Crippen molar-refractivity contribution in [2.75, 3.05) is 38.3 Å². The lowest BCUT2D eigenvalue weighted by Gasteiger charge is -2.31. The van der Waals surface area contributed by atoms with Crippen molar-refractivity contribution in [3.63, 3.8) is 0 Å². The van der Waals surface area contributed by atoms with Crippen molar-refractivity contribution in [1.29, 1.82) is 0 Å². The second-order valence-corrected chi connectivity index (χ2v) is 6.94. The minimum absolute atomic E-state index is 0.291. The van der Waals surface area contributed by atoms with Crippen LogP contribution >= 0.6 is 0 Å². The number of nitrogens with one attached hydrogen (secondary N) is 1. The smallest absolute Gasteiger partial charge is 0.218 e. The normalized spacial score (nSPS) is 20.6. The molecule has 7 nitrogen and oxygen atoms in total. The number of ether oxygens (including phenoxy) is 1. The fourth-order valence-corrected chi connectivity index (χ4v) is 3.23. The van der Waals surface area contributed by atoms with Crippen LogP contribution in [0.25, 0.3) is 0 Å². The van der Waals surface area contributed by atoms with Crippen molar-refractivity contribution in [2.45, 2.75) is 12.8 Å². The van der Waals surface area contributed by atoms with E-state index in [0.717, 1.165) is 12.8 Å². The number of sulfonamides is 1. The number of methoxy groups -OCH3 is 1. The first-order chi connectivity index (χ1) is 9.49. The van der Waals surface area contributed by atoms with Crippen LogP contribution in [0.2, 0.25) is 0 Å². The van der Waals surface area contributed by atoms with Gasteiger partial charge in [0.15, 0.2) is 0 Å². The average Bonchev–Trinajstić information content (AvgIpc) is 2.45. The zero-order valence-electron chi connectivity index (χ0n) is 11.7. The summed E-state index contributed by atoms with van der Waals surface area (Å²) in [5, 5.41) is 3.21. The van der Waals surface area contributed by atoms with Crippen molar-refractivity contribution in [3.8, 4) is 5.88 Å². The molecule has 1 aliphatic rings. The Balaban J connectivity index is 1.90. The van der Waals surface area contributed by atoms with Crippen LogP contribution in [0.15, 0.2) is 12.4 Å². The summed E-state index contributed by atoms with van der Waals surface area (Å²) in [6.45, 7) is 1.87. The molecule has 1 N–H and O–H groups in total. The second kappa shape index (κ2) is 6.36. The molecule has 0 aromatic carbocycles. The van der Waals surface area contributed by atoms with E-state index in [-0.39, 0.29) is 0 Å². The van der Waals surface area contributed by atoms with Crippen molar-refractivity contribution in [3.05, 3.63) is 12.4 Å². The summed E-state index contributed by atoms with van der Waals surface area (Å²) in [5.41, 5.74) is 0. The maximum absolute atomic E-state index is 11.6. The van der Waals surface area contributed by atoms with Gasteiger partial charge in [-0.2, -0.15) is 0 Å². The van der Waals surface area contributed by atoms with E-state index in [1.54, 1.807) is 17.5 Å². The molecule has 0 aliphatic carbocycles. The largest absolute Gasteiger partial charge is 0.481 e. The Kier molecular flexibility index (Phi) is 4.77. The van der Waals surface area contributed by atoms with Crippen molar-refractivity contribution < 1.29 is 13.2 Å². The average molecular weight is 300 g/mol. The predicted octanol–water partition coefficient (Wildman–Crippen LogP) is 0.569. The lowest BCUT2D eigenvalue weighted by atomic mass is 10.00. The molecule has 1 saturated heterocycles. The zero-order chi connectivity index (χ0) is 14.6.